The van der Waals surface area contributed by atoms with Gasteiger partial charge in [-0.25, -0.2) is 0 Å². The number of carboxylic acid groups (broad SMARTS) is 2. The van der Waals surface area contributed by atoms with Crippen LogP contribution in [-0.2, 0) is 11.2 Å². The van der Waals surface area contributed by atoms with Crippen molar-refractivity contribution in [3.8, 4) is 0 Å². The molecule has 118 valence electrons. The normalized spacial score (nSPS) is 10.1. The van der Waals surface area contributed by atoms with E-state index in [1.807, 2.05) is 30.3 Å². The summed E-state index contributed by atoms with van der Waals surface area (Å²) in [7, 11) is 0. The SMILES string of the molecule is O=C(CCc1ccccc1)Nc1cc(C(=O)[O-])cc(C(=O)[O-])c1. The van der Waals surface area contributed by atoms with Gasteiger partial charge >= 0.3 is 0 Å². The average molecular weight is 311 g/mol. The summed E-state index contributed by atoms with van der Waals surface area (Å²) < 4.78 is 0. The zero-order valence-corrected chi connectivity index (χ0v) is 12.1. The molecule has 0 saturated carbocycles. The highest BCUT2D eigenvalue weighted by Crippen LogP contribution is 2.15. The van der Waals surface area contributed by atoms with Crippen LogP contribution in [0.5, 0.6) is 0 Å². The van der Waals surface area contributed by atoms with Crippen molar-refractivity contribution in [2.75, 3.05) is 5.32 Å². The lowest BCUT2D eigenvalue weighted by atomic mass is 10.1. The molecule has 0 saturated heterocycles. The molecule has 0 atom stereocenters. The molecule has 6 heteroatoms. The Balaban J connectivity index is 2.07. The molecule has 0 fully saturated rings. The quantitative estimate of drug-likeness (QED) is 0.806. The fourth-order valence-corrected chi connectivity index (χ4v) is 2.06. The summed E-state index contributed by atoms with van der Waals surface area (Å²) in [5.74, 6) is -3.42. The lowest BCUT2D eigenvalue weighted by molar-refractivity contribution is -0.255. The number of hydrogen-bond acceptors (Lipinski definition) is 5. The number of carbonyl (C=O) groups is 3. The predicted molar refractivity (Wildman–Crippen MR) is 78.5 cm³/mol. The number of amides is 1. The highest BCUT2D eigenvalue weighted by atomic mass is 16.4. The number of carboxylic acids is 2. The molecule has 0 aliphatic carbocycles. The first-order valence-corrected chi connectivity index (χ1v) is 6.87. The Morgan fingerprint density at radius 3 is 1.96 bits per heavy atom. The summed E-state index contributed by atoms with van der Waals surface area (Å²) in [4.78, 5) is 33.7. The fourth-order valence-electron chi connectivity index (χ4n) is 2.06. The molecular formula is C17H13NO5-2. The Hall–Kier alpha value is -3.15. The summed E-state index contributed by atoms with van der Waals surface area (Å²) in [6.07, 6.45) is 0.695. The van der Waals surface area contributed by atoms with Crippen LogP contribution in [0.25, 0.3) is 0 Å². The third-order valence-corrected chi connectivity index (χ3v) is 3.17. The molecule has 2 rings (SSSR count). The van der Waals surface area contributed by atoms with Gasteiger partial charge in [0.15, 0.2) is 0 Å². The van der Waals surface area contributed by atoms with Gasteiger partial charge in [0.2, 0.25) is 5.91 Å². The van der Waals surface area contributed by atoms with E-state index in [1.54, 1.807) is 0 Å². The minimum absolute atomic E-state index is 0.0731. The molecular weight excluding hydrogens is 298 g/mol. The van der Waals surface area contributed by atoms with Crippen LogP contribution in [-0.4, -0.2) is 17.8 Å². The van der Waals surface area contributed by atoms with E-state index >= 15 is 0 Å². The Kier molecular flexibility index (Phi) is 5.09. The lowest BCUT2D eigenvalue weighted by Crippen LogP contribution is -2.26. The van der Waals surface area contributed by atoms with Crippen LogP contribution in [0.3, 0.4) is 0 Å². The molecule has 0 aromatic heterocycles. The van der Waals surface area contributed by atoms with Crippen molar-refractivity contribution in [1.82, 2.24) is 0 Å². The van der Waals surface area contributed by atoms with Gasteiger partial charge in [0.25, 0.3) is 0 Å². The minimum Gasteiger partial charge on any atom is -0.545 e. The Morgan fingerprint density at radius 1 is 0.870 bits per heavy atom. The minimum atomic E-state index is -1.53. The van der Waals surface area contributed by atoms with E-state index in [9.17, 15) is 24.6 Å². The van der Waals surface area contributed by atoms with Gasteiger partial charge in [0, 0.05) is 12.1 Å². The Morgan fingerprint density at radius 2 is 1.43 bits per heavy atom. The van der Waals surface area contributed by atoms with Crippen LogP contribution in [0.15, 0.2) is 48.5 Å². The number of aryl methyl sites for hydroxylation is 1. The molecule has 0 spiro atoms. The maximum absolute atomic E-state index is 11.9. The second-order valence-electron chi connectivity index (χ2n) is 4.91. The van der Waals surface area contributed by atoms with Crippen molar-refractivity contribution in [1.29, 1.82) is 0 Å². The molecule has 0 heterocycles. The van der Waals surface area contributed by atoms with Crippen molar-refractivity contribution in [2.24, 2.45) is 0 Å². The highest BCUT2D eigenvalue weighted by molar-refractivity contribution is 5.97. The first kappa shape index (κ1) is 16.2. The van der Waals surface area contributed by atoms with Gasteiger partial charge < -0.3 is 25.1 Å². The number of benzene rings is 2. The number of aromatic carboxylic acids is 2. The van der Waals surface area contributed by atoms with E-state index in [-0.39, 0.29) is 29.1 Å². The van der Waals surface area contributed by atoms with Crippen LogP contribution in [0.1, 0.15) is 32.7 Å². The van der Waals surface area contributed by atoms with Crippen molar-refractivity contribution >= 4 is 23.5 Å². The van der Waals surface area contributed by atoms with Gasteiger partial charge in [-0.3, -0.25) is 4.79 Å². The lowest BCUT2D eigenvalue weighted by Gasteiger charge is -2.12. The molecule has 0 aliphatic heterocycles. The van der Waals surface area contributed by atoms with Crippen LogP contribution in [0.4, 0.5) is 5.69 Å². The summed E-state index contributed by atoms with van der Waals surface area (Å²) in [5, 5.41) is 24.3. The van der Waals surface area contributed by atoms with Gasteiger partial charge in [0.1, 0.15) is 0 Å². The standard InChI is InChI=1S/C17H15NO5/c19-15(7-6-11-4-2-1-3-5-11)18-14-9-12(16(20)21)8-13(10-14)17(22)23/h1-5,8-10H,6-7H2,(H,18,19)(H,20,21)(H,22,23)/p-2. The fraction of sp³-hybridized carbons (Fsp3) is 0.118. The first-order chi connectivity index (χ1) is 11.0. The maximum atomic E-state index is 11.9. The average Bonchev–Trinajstić information content (AvgIpc) is 2.53. The number of rotatable bonds is 6. The zero-order valence-electron chi connectivity index (χ0n) is 12.1. The second kappa shape index (κ2) is 7.22. The number of nitrogens with one attached hydrogen (secondary N) is 1. The number of carbonyl (C=O) groups excluding carboxylic acids is 3. The van der Waals surface area contributed by atoms with Gasteiger partial charge in [-0.05, 0) is 41.3 Å². The number of hydrogen-bond donors (Lipinski definition) is 1. The summed E-state index contributed by atoms with van der Waals surface area (Å²) in [6.45, 7) is 0. The molecule has 0 aliphatic rings. The third-order valence-electron chi connectivity index (χ3n) is 3.17. The van der Waals surface area contributed by atoms with E-state index in [0.29, 0.717) is 6.42 Å². The summed E-state index contributed by atoms with van der Waals surface area (Å²) in [6, 6.07) is 12.6. The molecule has 0 unspecified atom stereocenters. The molecule has 0 bridgehead atoms. The van der Waals surface area contributed by atoms with Crippen LogP contribution >= 0.6 is 0 Å². The van der Waals surface area contributed by atoms with Crippen molar-refractivity contribution in [3.05, 3.63) is 65.2 Å². The van der Waals surface area contributed by atoms with Crippen molar-refractivity contribution < 1.29 is 24.6 Å². The van der Waals surface area contributed by atoms with Gasteiger partial charge in [-0.1, -0.05) is 30.3 Å². The van der Waals surface area contributed by atoms with Crippen LogP contribution in [0, 0.1) is 0 Å². The van der Waals surface area contributed by atoms with E-state index in [1.165, 1.54) is 0 Å². The largest absolute Gasteiger partial charge is 0.545 e. The maximum Gasteiger partial charge on any atom is 0.224 e. The van der Waals surface area contributed by atoms with E-state index in [0.717, 1.165) is 23.8 Å². The second-order valence-corrected chi connectivity index (χ2v) is 4.91. The van der Waals surface area contributed by atoms with Gasteiger partial charge in [-0.15, -0.1) is 0 Å². The Labute approximate surface area is 132 Å². The molecule has 23 heavy (non-hydrogen) atoms. The molecule has 0 radical (unpaired) electrons. The molecule has 6 nitrogen and oxygen atoms in total. The third kappa shape index (κ3) is 4.67. The van der Waals surface area contributed by atoms with Crippen LogP contribution in [0.2, 0.25) is 0 Å². The highest BCUT2D eigenvalue weighted by Gasteiger charge is 2.07. The molecule has 2 aromatic rings. The van der Waals surface area contributed by atoms with E-state index in [2.05, 4.69) is 5.32 Å². The zero-order chi connectivity index (χ0) is 16.8. The Bertz CT molecular complexity index is 708. The molecule has 2 aromatic carbocycles. The summed E-state index contributed by atoms with van der Waals surface area (Å²) >= 11 is 0. The van der Waals surface area contributed by atoms with Gasteiger partial charge in [-0.2, -0.15) is 0 Å². The van der Waals surface area contributed by atoms with E-state index < -0.39 is 11.9 Å². The van der Waals surface area contributed by atoms with Crippen molar-refractivity contribution in [2.45, 2.75) is 12.8 Å². The molecule has 1 N–H and O–H groups in total. The van der Waals surface area contributed by atoms with Crippen molar-refractivity contribution in [3.63, 3.8) is 0 Å². The monoisotopic (exact) mass is 311 g/mol. The summed E-state index contributed by atoms with van der Waals surface area (Å²) in [5.41, 5.74) is 0.376. The molecule has 1 amide bonds. The topological polar surface area (TPSA) is 109 Å². The smallest absolute Gasteiger partial charge is 0.224 e. The number of anilines is 1. The first-order valence-electron chi connectivity index (χ1n) is 6.87. The van der Waals surface area contributed by atoms with Crippen LogP contribution < -0.4 is 15.5 Å². The predicted octanol–water partition coefficient (Wildman–Crippen LogP) is -0.0151. The van der Waals surface area contributed by atoms with Gasteiger partial charge in [0.05, 0.1) is 11.9 Å². The van der Waals surface area contributed by atoms with E-state index in [4.69, 9.17) is 0 Å².